The molecule has 0 bridgehead atoms. The maximum atomic E-state index is 9.58. The van der Waals surface area contributed by atoms with Crippen LogP contribution >= 0.6 is 0 Å². The molecule has 0 fully saturated rings. The van der Waals surface area contributed by atoms with Crippen LogP contribution in [-0.2, 0) is 0 Å². The first-order valence-corrected chi connectivity index (χ1v) is 9.33. The topological polar surface area (TPSA) is 81.2 Å². The van der Waals surface area contributed by atoms with E-state index < -0.39 is 0 Å². The van der Waals surface area contributed by atoms with Crippen molar-refractivity contribution in [1.82, 2.24) is 4.98 Å². The van der Waals surface area contributed by atoms with Crippen LogP contribution in [-0.4, -0.2) is 18.2 Å². The van der Waals surface area contributed by atoms with Crippen LogP contribution in [0.2, 0.25) is 0 Å². The van der Waals surface area contributed by atoms with Crippen molar-refractivity contribution < 1.29 is 9.47 Å². The maximum absolute atomic E-state index is 9.58. The van der Waals surface area contributed by atoms with E-state index in [0.29, 0.717) is 24.5 Å². The monoisotopic (exact) mass is 373 g/mol. The van der Waals surface area contributed by atoms with Crippen molar-refractivity contribution in [3.63, 3.8) is 0 Å². The lowest BCUT2D eigenvalue weighted by molar-refractivity contribution is 0.317. The number of benzene rings is 2. The van der Waals surface area contributed by atoms with Gasteiger partial charge in [0.05, 0.1) is 18.9 Å². The van der Waals surface area contributed by atoms with Gasteiger partial charge in [-0.1, -0.05) is 19.1 Å². The van der Waals surface area contributed by atoms with E-state index in [1.165, 1.54) is 0 Å². The number of nitrogens with two attached hydrogens (primary N) is 1. The second-order valence-corrected chi connectivity index (χ2v) is 6.26. The molecule has 0 spiro atoms. The molecule has 0 radical (unpaired) electrons. The summed E-state index contributed by atoms with van der Waals surface area (Å²) >= 11 is 0. The minimum absolute atomic E-state index is 0.218. The van der Waals surface area contributed by atoms with Crippen LogP contribution in [0.3, 0.4) is 0 Å². The number of aromatic nitrogens is 1. The molecule has 0 unspecified atom stereocenters. The van der Waals surface area contributed by atoms with Crippen molar-refractivity contribution in [3.05, 3.63) is 60.2 Å². The molecule has 3 aromatic rings. The fourth-order valence-corrected chi connectivity index (χ4v) is 2.90. The van der Waals surface area contributed by atoms with Gasteiger partial charge in [0.2, 0.25) is 0 Å². The predicted octanol–water partition coefficient (Wildman–Crippen LogP) is 5.06. The van der Waals surface area contributed by atoms with Gasteiger partial charge >= 0.3 is 0 Å². The van der Waals surface area contributed by atoms with Crippen LogP contribution in [0, 0.1) is 11.3 Å². The zero-order valence-electron chi connectivity index (χ0n) is 16.1. The number of nitrogen functional groups attached to an aromatic ring is 1. The number of hydrogen-bond acceptors (Lipinski definition) is 5. The maximum Gasteiger partial charge on any atom is 0.142 e. The highest BCUT2D eigenvalue weighted by Gasteiger charge is 2.14. The first-order chi connectivity index (χ1) is 13.7. The lowest BCUT2D eigenvalue weighted by Gasteiger charge is -2.12. The molecule has 1 heterocycles. The highest BCUT2D eigenvalue weighted by molar-refractivity contribution is 5.80. The summed E-state index contributed by atoms with van der Waals surface area (Å²) in [6.45, 7) is 5.30. The first kappa shape index (κ1) is 19.2. The molecule has 0 saturated carbocycles. The minimum Gasteiger partial charge on any atom is -0.494 e. The van der Waals surface area contributed by atoms with E-state index in [-0.39, 0.29) is 5.82 Å². The van der Waals surface area contributed by atoms with Gasteiger partial charge in [0.25, 0.3) is 0 Å². The van der Waals surface area contributed by atoms with E-state index in [2.05, 4.69) is 18.0 Å². The molecule has 0 aliphatic heterocycles. The summed E-state index contributed by atoms with van der Waals surface area (Å²) < 4.78 is 11.1. The summed E-state index contributed by atoms with van der Waals surface area (Å²) in [5.74, 6) is 1.82. The Bertz CT molecular complexity index is 974. The van der Waals surface area contributed by atoms with E-state index in [9.17, 15) is 5.26 Å². The molecule has 1 aromatic heterocycles. The fourth-order valence-electron chi connectivity index (χ4n) is 2.90. The summed E-state index contributed by atoms with van der Waals surface area (Å²) in [4.78, 5) is 4.42. The standard InChI is InChI=1S/C23H23N3O2/c1-3-13-28-19-9-5-16(6-10-19)20-14-22(26-23(25)21(20)15-24)17-7-11-18(12-8-17)27-4-2/h5-12,14H,3-4,13H2,1-2H3,(H2,25,26). The molecule has 0 saturated heterocycles. The highest BCUT2D eigenvalue weighted by atomic mass is 16.5. The van der Waals surface area contributed by atoms with Gasteiger partial charge in [-0.25, -0.2) is 4.98 Å². The van der Waals surface area contributed by atoms with Crippen molar-refractivity contribution >= 4 is 5.82 Å². The number of hydrogen-bond donors (Lipinski definition) is 1. The summed E-state index contributed by atoms with van der Waals surface area (Å²) in [6.07, 6.45) is 0.951. The van der Waals surface area contributed by atoms with Gasteiger partial charge in [0.1, 0.15) is 28.9 Å². The van der Waals surface area contributed by atoms with Crippen LogP contribution in [0.25, 0.3) is 22.4 Å². The number of pyridine rings is 1. The third-order valence-corrected chi connectivity index (χ3v) is 4.26. The highest BCUT2D eigenvalue weighted by Crippen LogP contribution is 2.32. The molecule has 5 nitrogen and oxygen atoms in total. The van der Waals surface area contributed by atoms with Crippen LogP contribution in [0.4, 0.5) is 5.82 Å². The van der Waals surface area contributed by atoms with Crippen LogP contribution in [0.15, 0.2) is 54.6 Å². The Labute approximate surface area is 165 Å². The summed E-state index contributed by atoms with van der Waals surface area (Å²) in [5.41, 5.74) is 9.73. The molecule has 0 aliphatic rings. The second-order valence-electron chi connectivity index (χ2n) is 6.26. The fraction of sp³-hybridized carbons (Fsp3) is 0.217. The van der Waals surface area contributed by atoms with E-state index in [0.717, 1.165) is 34.6 Å². The Hall–Kier alpha value is -3.52. The number of nitrogens with zero attached hydrogens (tertiary/aromatic N) is 2. The summed E-state index contributed by atoms with van der Waals surface area (Å²) in [7, 11) is 0. The van der Waals surface area contributed by atoms with Crippen molar-refractivity contribution in [2.24, 2.45) is 0 Å². The average molecular weight is 373 g/mol. The summed E-state index contributed by atoms with van der Waals surface area (Å²) in [6, 6.07) is 19.4. The lowest BCUT2D eigenvalue weighted by Crippen LogP contribution is -2.00. The van der Waals surface area contributed by atoms with Gasteiger partial charge in [-0.3, -0.25) is 0 Å². The van der Waals surface area contributed by atoms with E-state index in [1.54, 1.807) is 0 Å². The van der Waals surface area contributed by atoms with Gasteiger partial charge < -0.3 is 15.2 Å². The molecular weight excluding hydrogens is 350 g/mol. The Morgan fingerprint density at radius 2 is 1.54 bits per heavy atom. The molecular formula is C23H23N3O2. The first-order valence-electron chi connectivity index (χ1n) is 9.33. The number of anilines is 1. The third-order valence-electron chi connectivity index (χ3n) is 4.26. The molecule has 0 atom stereocenters. The quantitative estimate of drug-likeness (QED) is 0.626. The van der Waals surface area contributed by atoms with Gasteiger partial charge in [0, 0.05) is 11.1 Å². The van der Waals surface area contributed by atoms with Crippen molar-refractivity contribution in [2.45, 2.75) is 20.3 Å². The number of nitriles is 1. The Morgan fingerprint density at radius 3 is 2.11 bits per heavy atom. The molecule has 142 valence electrons. The third kappa shape index (κ3) is 4.24. The lowest BCUT2D eigenvalue weighted by atomic mass is 9.98. The van der Waals surface area contributed by atoms with Crippen LogP contribution < -0.4 is 15.2 Å². The largest absolute Gasteiger partial charge is 0.494 e. The molecule has 5 heteroatoms. The van der Waals surface area contributed by atoms with Crippen molar-refractivity contribution in [2.75, 3.05) is 18.9 Å². The Kier molecular flexibility index (Phi) is 6.13. The van der Waals surface area contributed by atoms with E-state index in [4.69, 9.17) is 15.2 Å². The molecule has 3 rings (SSSR count). The average Bonchev–Trinajstić information content (AvgIpc) is 2.73. The molecule has 0 aliphatic carbocycles. The molecule has 2 N–H and O–H groups in total. The van der Waals surface area contributed by atoms with Gasteiger partial charge in [0.15, 0.2) is 0 Å². The molecule has 28 heavy (non-hydrogen) atoms. The molecule has 0 amide bonds. The number of rotatable bonds is 7. The Morgan fingerprint density at radius 1 is 0.929 bits per heavy atom. The SMILES string of the molecule is CCCOc1ccc(-c2cc(-c3ccc(OCC)cc3)nc(N)c2C#N)cc1. The van der Waals surface area contributed by atoms with Gasteiger partial charge in [-0.2, -0.15) is 5.26 Å². The van der Waals surface area contributed by atoms with Crippen LogP contribution in [0.1, 0.15) is 25.8 Å². The summed E-state index contributed by atoms with van der Waals surface area (Å²) in [5, 5.41) is 9.58. The zero-order chi connectivity index (χ0) is 19.9. The van der Waals surface area contributed by atoms with Gasteiger partial charge in [-0.15, -0.1) is 0 Å². The molecule has 2 aromatic carbocycles. The van der Waals surface area contributed by atoms with Gasteiger partial charge in [-0.05, 0) is 61.4 Å². The number of ether oxygens (including phenoxy) is 2. The van der Waals surface area contributed by atoms with Crippen molar-refractivity contribution in [3.8, 4) is 40.0 Å². The second kappa shape index (κ2) is 8.92. The van der Waals surface area contributed by atoms with E-state index in [1.807, 2.05) is 61.5 Å². The van der Waals surface area contributed by atoms with Crippen LogP contribution in [0.5, 0.6) is 11.5 Å². The smallest absolute Gasteiger partial charge is 0.142 e. The zero-order valence-corrected chi connectivity index (χ0v) is 16.1. The predicted molar refractivity (Wildman–Crippen MR) is 111 cm³/mol. The Balaban J connectivity index is 1.99. The normalized spacial score (nSPS) is 10.3. The van der Waals surface area contributed by atoms with E-state index >= 15 is 0 Å². The van der Waals surface area contributed by atoms with Crippen molar-refractivity contribution in [1.29, 1.82) is 5.26 Å². The minimum atomic E-state index is 0.218.